The first kappa shape index (κ1) is 13.8. The summed E-state index contributed by atoms with van der Waals surface area (Å²) in [5, 5.41) is 6.63. The van der Waals surface area contributed by atoms with Crippen LogP contribution >= 0.6 is 12.4 Å². The van der Waals surface area contributed by atoms with E-state index in [0.717, 1.165) is 6.42 Å². The predicted octanol–water partition coefficient (Wildman–Crippen LogP) is 4.73. The SMILES string of the molecule is CC12NC(Cc3ccccc31)c1c2ccc2ccccc12.Cl. The number of benzene rings is 3. The molecule has 2 heterocycles. The molecule has 2 aliphatic heterocycles. The molecule has 2 atom stereocenters. The number of hydrogen-bond donors (Lipinski definition) is 1. The van der Waals surface area contributed by atoms with Crippen LogP contribution in [0.2, 0.25) is 0 Å². The van der Waals surface area contributed by atoms with Gasteiger partial charge in [0.15, 0.2) is 0 Å². The van der Waals surface area contributed by atoms with Crippen LogP contribution in [0.5, 0.6) is 0 Å². The van der Waals surface area contributed by atoms with Crippen molar-refractivity contribution in [3.05, 3.63) is 82.9 Å². The van der Waals surface area contributed by atoms with Crippen molar-refractivity contribution in [1.29, 1.82) is 0 Å². The highest BCUT2D eigenvalue weighted by Gasteiger charge is 2.46. The van der Waals surface area contributed by atoms with Crippen LogP contribution in [0.15, 0.2) is 60.7 Å². The summed E-state index contributed by atoms with van der Waals surface area (Å²) in [6.45, 7) is 2.33. The van der Waals surface area contributed by atoms with Crippen LogP contribution in [-0.2, 0) is 12.0 Å². The lowest BCUT2D eigenvalue weighted by atomic mass is 9.82. The van der Waals surface area contributed by atoms with Gasteiger partial charge in [-0.15, -0.1) is 12.4 Å². The fourth-order valence-corrected chi connectivity index (χ4v) is 4.39. The molecule has 22 heavy (non-hydrogen) atoms. The van der Waals surface area contributed by atoms with Gasteiger partial charge in [0, 0.05) is 6.04 Å². The third-order valence-electron chi connectivity index (χ3n) is 5.30. The first-order valence-corrected chi connectivity index (χ1v) is 7.65. The molecule has 0 aliphatic carbocycles. The van der Waals surface area contributed by atoms with Crippen LogP contribution in [-0.4, -0.2) is 0 Å². The van der Waals surface area contributed by atoms with E-state index < -0.39 is 0 Å². The summed E-state index contributed by atoms with van der Waals surface area (Å²) < 4.78 is 0. The summed E-state index contributed by atoms with van der Waals surface area (Å²) in [5.41, 5.74) is 5.85. The van der Waals surface area contributed by atoms with Crippen LogP contribution < -0.4 is 5.32 Å². The number of rotatable bonds is 0. The van der Waals surface area contributed by atoms with Gasteiger partial charge in [-0.3, -0.25) is 5.32 Å². The maximum Gasteiger partial charge on any atom is 0.0672 e. The van der Waals surface area contributed by atoms with Gasteiger partial charge in [-0.2, -0.15) is 0 Å². The zero-order valence-corrected chi connectivity index (χ0v) is 13.3. The van der Waals surface area contributed by atoms with Crippen LogP contribution in [0.1, 0.15) is 35.2 Å². The molecule has 0 saturated carbocycles. The van der Waals surface area contributed by atoms with Crippen molar-refractivity contribution < 1.29 is 0 Å². The van der Waals surface area contributed by atoms with Crippen molar-refractivity contribution in [2.24, 2.45) is 0 Å². The second-order valence-corrected chi connectivity index (χ2v) is 6.43. The second-order valence-electron chi connectivity index (χ2n) is 6.43. The van der Waals surface area contributed by atoms with Crippen molar-refractivity contribution in [2.45, 2.75) is 24.9 Å². The lowest BCUT2D eigenvalue weighted by Gasteiger charge is -2.34. The molecule has 3 aromatic rings. The largest absolute Gasteiger partial charge is 0.297 e. The molecule has 2 unspecified atom stereocenters. The molecule has 0 radical (unpaired) electrons. The van der Waals surface area contributed by atoms with Crippen molar-refractivity contribution >= 4 is 23.2 Å². The van der Waals surface area contributed by atoms with Gasteiger partial charge in [-0.25, -0.2) is 0 Å². The topological polar surface area (TPSA) is 12.0 Å². The molecule has 0 saturated heterocycles. The summed E-state index contributed by atoms with van der Waals surface area (Å²) in [6.07, 6.45) is 1.09. The van der Waals surface area contributed by atoms with Gasteiger partial charge in [0.1, 0.15) is 0 Å². The zero-order chi connectivity index (χ0) is 14.0. The summed E-state index contributed by atoms with van der Waals surface area (Å²) in [4.78, 5) is 0. The van der Waals surface area contributed by atoms with Crippen molar-refractivity contribution in [3.63, 3.8) is 0 Å². The smallest absolute Gasteiger partial charge is 0.0672 e. The fourth-order valence-electron chi connectivity index (χ4n) is 4.39. The normalized spacial score (nSPS) is 24.5. The van der Waals surface area contributed by atoms with Crippen LogP contribution in [0.3, 0.4) is 0 Å². The zero-order valence-electron chi connectivity index (χ0n) is 12.5. The molecule has 0 amide bonds. The molecule has 3 aromatic carbocycles. The molecular weight excluding hydrogens is 290 g/mol. The Morgan fingerprint density at radius 3 is 2.59 bits per heavy atom. The van der Waals surface area contributed by atoms with Gasteiger partial charge in [-0.05, 0) is 46.4 Å². The Labute approximate surface area is 136 Å². The summed E-state index contributed by atoms with van der Waals surface area (Å²) in [5.74, 6) is 0. The van der Waals surface area contributed by atoms with Crippen LogP contribution in [0.4, 0.5) is 0 Å². The van der Waals surface area contributed by atoms with E-state index in [1.165, 1.54) is 33.0 Å². The van der Waals surface area contributed by atoms with Gasteiger partial charge in [-0.1, -0.05) is 60.7 Å². The third kappa shape index (κ3) is 1.58. The molecule has 5 rings (SSSR count). The minimum absolute atomic E-state index is 0. The Morgan fingerprint density at radius 2 is 1.68 bits per heavy atom. The van der Waals surface area contributed by atoms with Crippen molar-refractivity contribution in [2.75, 3.05) is 0 Å². The molecule has 110 valence electrons. The molecule has 1 nitrogen and oxygen atoms in total. The molecule has 2 heteroatoms. The highest BCUT2D eigenvalue weighted by molar-refractivity contribution is 5.89. The summed E-state index contributed by atoms with van der Waals surface area (Å²) in [7, 11) is 0. The highest BCUT2D eigenvalue weighted by Crippen LogP contribution is 2.50. The predicted molar refractivity (Wildman–Crippen MR) is 93.7 cm³/mol. The molecule has 0 spiro atoms. The van der Waals surface area contributed by atoms with Gasteiger partial charge in [0.05, 0.1) is 5.54 Å². The maximum absolute atomic E-state index is 3.88. The maximum atomic E-state index is 3.88. The summed E-state index contributed by atoms with van der Waals surface area (Å²) >= 11 is 0. The first-order chi connectivity index (χ1) is 10.3. The first-order valence-electron chi connectivity index (χ1n) is 7.65. The van der Waals surface area contributed by atoms with Gasteiger partial charge in [0.2, 0.25) is 0 Å². The van der Waals surface area contributed by atoms with Crippen molar-refractivity contribution in [3.8, 4) is 0 Å². The minimum atomic E-state index is -0.0428. The molecular formula is C20H18ClN. The van der Waals surface area contributed by atoms with E-state index in [9.17, 15) is 0 Å². The molecule has 2 aliphatic rings. The number of nitrogens with one attached hydrogen (secondary N) is 1. The lowest BCUT2D eigenvalue weighted by molar-refractivity contribution is 0.389. The monoisotopic (exact) mass is 307 g/mol. The van der Waals surface area contributed by atoms with E-state index >= 15 is 0 Å². The molecule has 2 bridgehead atoms. The third-order valence-corrected chi connectivity index (χ3v) is 5.30. The quantitative estimate of drug-likeness (QED) is 0.633. The molecule has 0 fully saturated rings. The number of fused-ring (bicyclic) bond motifs is 9. The Morgan fingerprint density at radius 1 is 0.909 bits per heavy atom. The number of halogens is 1. The lowest BCUT2D eigenvalue weighted by Crippen LogP contribution is -2.41. The second kappa shape index (κ2) is 4.58. The standard InChI is InChI=1S/C20H17N.ClH/c1-20-16-9-5-3-7-14(16)12-18(21-20)19-15-8-4-2-6-13(15)10-11-17(19)20;/h2-11,18,21H,12H2,1H3;1H. The van der Waals surface area contributed by atoms with E-state index in [2.05, 4.69) is 72.9 Å². The van der Waals surface area contributed by atoms with Gasteiger partial charge < -0.3 is 0 Å². The molecule has 1 N–H and O–H groups in total. The van der Waals surface area contributed by atoms with Crippen molar-refractivity contribution in [1.82, 2.24) is 5.32 Å². The van der Waals surface area contributed by atoms with E-state index in [-0.39, 0.29) is 17.9 Å². The van der Waals surface area contributed by atoms with Gasteiger partial charge >= 0.3 is 0 Å². The Hall–Kier alpha value is -1.83. The fraction of sp³-hybridized carbons (Fsp3) is 0.200. The Bertz CT molecular complexity index is 886. The van der Waals surface area contributed by atoms with Crippen LogP contribution in [0.25, 0.3) is 10.8 Å². The Balaban J connectivity index is 0.00000125. The summed E-state index contributed by atoms with van der Waals surface area (Å²) in [6, 6.07) is 22.7. The van der Waals surface area contributed by atoms with E-state index in [1.54, 1.807) is 0 Å². The Kier molecular flexibility index (Phi) is 2.87. The number of hydrogen-bond acceptors (Lipinski definition) is 1. The average Bonchev–Trinajstić information content (AvgIpc) is 2.77. The van der Waals surface area contributed by atoms with Gasteiger partial charge in [0.25, 0.3) is 0 Å². The van der Waals surface area contributed by atoms with E-state index in [0.29, 0.717) is 6.04 Å². The highest BCUT2D eigenvalue weighted by atomic mass is 35.5. The van der Waals surface area contributed by atoms with Crippen LogP contribution in [0, 0.1) is 0 Å². The molecule has 0 aromatic heterocycles. The minimum Gasteiger partial charge on any atom is -0.297 e. The van der Waals surface area contributed by atoms with E-state index in [4.69, 9.17) is 0 Å². The average molecular weight is 308 g/mol. The van der Waals surface area contributed by atoms with E-state index in [1.807, 2.05) is 0 Å².